The average molecular weight is 136 g/mol. The highest BCUT2D eigenvalue weighted by Gasteiger charge is 1.90. The summed E-state index contributed by atoms with van der Waals surface area (Å²) >= 11 is 0. The van der Waals surface area contributed by atoms with E-state index in [1.54, 1.807) is 0 Å². The minimum absolute atomic E-state index is 0.138. The van der Waals surface area contributed by atoms with Gasteiger partial charge in [-0.2, -0.15) is 0 Å². The summed E-state index contributed by atoms with van der Waals surface area (Å²) in [4.78, 5) is 13.3. The fourth-order valence-corrected chi connectivity index (χ4v) is 0.242. The number of methoxy groups -OCH3 is 1. The van der Waals surface area contributed by atoms with E-state index in [4.69, 9.17) is 0 Å². The lowest BCUT2D eigenvalue weighted by atomic mass is 11.1. The Morgan fingerprint density at radius 3 is 2.78 bits per heavy atom. The third-order valence-electron chi connectivity index (χ3n) is 0.518. The lowest BCUT2D eigenvalue weighted by Crippen LogP contribution is -2.22. The van der Waals surface area contributed by atoms with Crippen LogP contribution in [0.3, 0.4) is 0 Å². The van der Waals surface area contributed by atoms with E-state index >= 15 is 0 Å². The van der Waals surface area contributed by atoms with E-state index in [0.29, 0.717) is 0 Å². The predicted molar refractivity (Wildman–Crippen MR) is 28.0 cm³/mol. The highest BCUT2D eigenvalue weighted by molar-refractivity contribution is 4.17. The smallest absolute Gasteiger partial charge is 0.295 e. The van der Waals surface area contributed by atoms with E-state index in [1.807, 2.05) is 0 Å². The molecule has 0 heterocycles. The molecule has 6 heteroatoms. The Balaban J connectivity index is 2.83. The lowest BCUT2D eigenvalue weighted by molar-refractivity contribution is -0.759. The van der Waals surface area contributed by atoms with Crippen LogP contribution in [0.4, 0.5) is 0 Å². The molecule has 0 rings (SSSR count). The van der Waals surface area contributed by atoms with Crippen LogP contribution in [0.15, 0.2) is 0 Å². The van der Waals surface area contributed by atoms with Crippen LogP contribution in [-0.4, -0.2) is 25.7 Å². The SMILES string of the molecule is COCNCO[N+](=O)[O-]. The largest absolute Gasteiger partial charge is 0.369 e. The van der Waals surface area contributed by atoms with Crippen molar-refractivity contribution in [1.82, 2.24) is 5.32 Å². The number of ether oxygens (including phenoxy) is 1. The highest BCUT2D eigenvalue weighted by Crippen LogP contribution is 1.68. The maximum Gasteiger partial charge on any atom is 0.295 e. The summed E-state index contributed by atoms with van der Waals surface area (Å²) in [6.45, 7) is 0.106. The van der Waals surface area contributed by atoms with Gasteiger partial charge in [-0.15, -0.1) is 10.1 Å². The maximum absolute atomic E-state index is 9.46. The molecule has 0 amide bonds. The zero-order valence-corrected chi connectivity index (χ0v) is 4.99. The van der Waals surface area contributed by atoms with Crippen molar-refractivity contribution in [3.05, 3.63) is 10.1 Å². The predicted octanol–water partition coefficient (Wildman–Crippen LogP) is -0.654. The van der Waals surface area contributed by atoms with E-state index in [-0.39, 0.29) is 13.5 Å². The van der Waals surface area contributed by atoms with Crippen LogP contribution >= 0.6 is 0 Å². The van der Waals surface area contributed by atoms with Gasteiger partial charge in [0.25, 0.3) is 5.09 Å². The number of nitrogens with one attached hydrogen (secondary N) is 1. The molecule has 0 aliphatic carbocycles. The van der Waals surface area contributed by atoms with Gasteiger partial charge in [0.1, 0.15) is 6.73 Å². The summed E-state index contributed by atoms with van der Waals surface area (Å²) in [5, 5.41) is 11.1. The third-order valence-corrected chi connectivity index (χ3v) is 0.518. The second kappa shape index (κ2) is 5.26. The molecule has 0 saturated carbocycles. The summed E-state index contributed by atoms with van der Waals surface area (Å²) in [6.07, 6.45) is 0. The summed E-state index contributed by atoms with van der Waals surface area (Å²) in [6, 6.07) is 0. The number of nitrogens with zero attached hydrogens (tertiary/aromatic N) is 1. The summed E-state index contributed by atoms with van der Waals surface area (Å²) in [5.74, 6) is 0. The molecule has 0 aliphatic heterocycles. The second-order valence-corrected chi connectivity index (χ2v) is 1.18. The quantitative estimate of drug-likeness (QED) is 0.235. The normalized spacial score (nSPS) is 9.00. The van der Waals surface area contributed by atoms with Crippen molar-refractivity contribution in [2.24, 2.45) is 0 Å². The summed E-state index contributed by atoms with van der Waals surface area (Å²) in [7, 11) is 1.47. The van der Waals surface area contributed by atoms with E-state index in [2.05, 4.69) is 14.9 Å². The van der Waals surface area contributed by atoms with Crippen LogP contribution in [0.5, 0.6) is 0 Å². The van der Waals surface area contributed by atoms with Crippen molar-refractivity contribution >= 4 is 0 Å². The fraction of sp³-hybridized carbons (Fsp3) is 1.00. The van der Waals surface area contributed by atoms with Crippen LogP contribution in [0, 0.1) is 10.1 Å². The van der Waals surface area contributed by atoms with Gasteiger partial charge in [-0.05, 0) is 0 Å². The van der Waals surface area contributed by atoms with Crippen LogP contribution < -0.4 is 5.32 Å². The Morgan fingerprint density at radius 1 is 1.67 bits per heavy atom. The van der Waals surface area contributed by atoms with Gasteiger partial charge in [-0.25, -0.2) is 0 Å². The van der Waals surface area contributed by atoms with Crippen molar-refractivity contribution in [3.63, 3.8) is 0 Å². The lowest BCUT2D eigenvalue weighted by Gasteiger charge is -1.98. The molecule has 6 nitrogen and oxygen atoms in total. The van der Waals surface area contributed by atoms with Gasteiger partial charge in [0.2, 0.25) is 0 Å². The average Bonchev–Trinajstić information content (AvgIpc) is 1.80. The molecule has 0 aliphatic rings. The van der Waals surface area contributed by atoms with Gasteiger partial charge in [0, 0.05) is 7.11 Å². The van der Waals surface area contributed by atoms with Gasteiger partial charge in [0.15, 0.2) is 0 Å². The number of rotatable bonds is 5. The van der Waals surface area contributed by atoms with E-state index in [1.165, 1.54) is 7.11 Å². The Labute approximate surface area is 51.9 Å². The third kappa shape index (κ3) is 7.12. The Bertz CT molecular complexity index is 85.9. The molecular weight excluding hydrogens is 128 g/mol. The first kappa shape index (κ1) is 8.12. The minimum atomic E-state index is -0.872. The van der Waals surface area contributed by atoms with Gasteiger partial charge in [0.05, 0.1) is 6.73 Å². The first-order valence-electron chi connectivity index (χ1n) is 2.24. The standard InChI is InChI=1S/C3H8N2O4/c1-8-2-4-3-9-5(6)7/h4H,2-3H2,1H3. The first-order valence-corrected chi connectivity index (χ1v) is 2.24. The summed E-state index contributed by atoms with van der Waals surface area (Å²) in [5.41, 5.74) is 0. The van der Waals surface area contributed by atoms with Crippen LogP contribution in [0.1, 0.15) is 0 Å². The molecule has 1 N–H and O–H groups in total. The molecule has 0 aromatic rings. The molecule has 0 spiro atoms. The molecule has 0 atom stereocenters. The van der Waals surface area contributed by atoms with Gasteiger partial charge in [-0.3, -0.25) is 10.2 Å². The first-order chi connectivity index (χ1) is 4.27. The van der Waals surface area contributed by atoms with Crippen molar-refractivity contribution in [1.29, 1.82) is 0 Å². The molecule has 0 unspecified atom stereocenters. The second-order valence-electron chi connectivity index (χ2n) is 1.18. The molecule has 0 radical (unpaired) electrons. The van der Waals surface area contributed by atoms with Crippen LogP contribution in [-0.2, 0) is 9.57 Å². The Morgan fingerprint density at radius 2 is 2.33 bits per heavy atom. The topological polar surface area (TPSA) is 73.6 Å². The Kier molecular flexibility index (Phi) is 4.75. The van der Waals surface area contributed by atoms with Gasteiger partial charge in [-0.1, -0.05) is 0 Å². The van der Waals surface area contributed by atoms with Crippen LogP contribution in [0.25, 0.3) is 0 Å². The molecule has 0 aromatic heterocycles. The zero-order valence-electron chi connectivity index (χ0n) is 4.99. The van der Waals surface area contributed by atoms with E-state index in [0.717, 1.165) is 0 Å². The monoisotopic (exact) mass is 136 g/mol. The van der Waals surface area contributed by atoms with Crippen LogP contribution in [0.2, 0.25) is 0 Å². The summed E-state index contributed by atoms with van der Waals surface area (Å²) < 4.78 is 4.51. The minimum Gasteiger partial charge on any atom is -0.369 e. The van der Waals surface area contributed by atoms with Crippen molar-refractivity contribution < 1.29 is 14.7 Å². The maximum atomic E-state index is 9.46. The fourth-order valence-electron chi connectivity index (χ4n) is 0.242. The molecule has 0 fully saturated rings. The zero-order chi connectivity index (χ0) is 7.11. The number of hydrogen-bond acceptors (Lipinski definition) is 5. The van der Waals surface area contributed by atoms with Gasteiger partial charge < -0.3 is 4.74 Å². The Hall–Kier alpha value is -0.880. The van der Waals surface area contributed by atoms with Crippen molar-refractivity contribution in [3.8, 4) is 0 Å². The molecule has 0 saturated heterocycles. The molecular formula is C3H8N2O4. The van der Waals surface area contributed by atoms with Crippen molar-refractivity contribution in [2.45, 2.75) is 0 Å². The molecule has 54 valence electrons. The van der Waals surface area contributed by atoms with Gasteiger partial charge >= 0.3 is 0 Å². The molecule has 0 bridgehead atoms. The highest BCUT2D eigenvalue weighted by atomic mass is 17.0. The number of hydrogen-bond donors (Lipinski definition) is 1. The molecule has 9 heavy (non-hydrogen) atoms. The molecule has 0 aromatic carbocycles. The van der Waals surface area contributed by atoms with E-state index < -0.39 is 5.09 Å². The van der Waals surface area contributed by atoms with E-state index in [9.17, 15) is 10.1 Å². The van der Waals surface area contributed by atoms with Crippen molar-refractivity contribution in [2.75, 3.05) is 20.6 Å².